The van der Waals surface area contributed by atoms with Crippen molar-refractivity contribution in [3.63, 3.8) is 0 Å². The molecule has 0 aliphatic heterocycles. The summed E-state index contributed by atoms with van der Waals surface area (Å²) in [5.41, 5.74) is 2.47. The number of carbonyl (C=O) groups excluding carboxylic acids is 2. The van der Waals surface area contributed by atoms with Gasteiger partial charge in [-0.3, -0.25) is 9.59 Å². The second-order valence-corrected chi connectivity index (χ2v) is 10.5. The van der Waals surface area contributed by atoms with Gasteiger partial charge < -0.3 is 14.5 Å². The average molecular weight is 497 g/mol. The van der Waals surface area contributed by atoms with Crippen molar-refractivity contribution < 1.29 is 18.7 Å². The van der Waals surface area contributed by atoms with Crippen LogP contribution in [0.5, 0.6) is 0 Å². The van der Waals surface area contributed by atoms with Gasteiger partial charge in [0.1, 0.15) is 12.4 Å². The molecule has 0 atom stereocenters. The SMILES string of the molecule is COCCN(CC(=O)N(Cc1ccc(F)cc1)Cc1cccs1)C(=O)c1ccc(C(C)(C)C)cc1. The highest BCUT2D eigenvalue weighted by molar-refractivity contribution is 7.09. The summed E-state index contributed by atoms with van der Waals surface area (Å²) in [4.78, 5) is 31.1. The van der Waals surface area contributed by atoms with E-state index in [1.165, 1.54) is 17.0 Å². The van der Waals surface area contributed by atoms with Crippen LogP contribution in [0.15, 0.2) is 66.0 Å². The lowest BCUT2D eigenvalue weighted by Gasteiger charge is -2.28. The second kappa shape index (κ2) is 12.1. The van der Waals surface area contributed by atoms with E-state index in [0.717, 1.165) is 16.0 Å². The number of halogens is 1. The van der Waals surface area contributed by atoms with Crippen molar-refractivity contribution in [2.24, 2.45) is 0 Å². The quantitative estimate of drug-likeness (QED) is 0.372. The highest BCUT2D eigenvalue weighted by atomic mass is 32.1. The number of amides is 2. The number of nitrogens with zero attached hydrogens (tertiary/aromatic N) is 2. The lowest BCUT2D eigenvalue weighted by molar-refractivity contribution is -0.133. The molecule has 3 aromatic rings. The summed E-state index contributed by atoms with van der Waals surface area (Å²) in [5, 5.41) is 1.96. The number of thiophene rings is 1. The minimum Gasteiger partial charge on any atom is -0.383 e. The van der Waals surface area contributed by atoms with Gasteiger partial charge in [-0.2, -0.15) is 0 Å². The molecule has 1 heterocycles. The molecule has 2 aromatic carbocycles. The van der Waals surface area contributed by atoms with Crippen LogP contribution in [0.25, 0.3) is 0 Å². The number of methoxy groups -OCH3 is 1. The fourth-order valence-electron chi connectivity index (χ4n) is 3.65. The van der Waals surface area contributed by atoms with Crippen molar-refractivity contribution in [3.05, 3.63) is 93.4 Å². The fraction of sp³-hybridized carbons (Fsp3) is 0.357. The Bertz CT molecular complexity index is 1090. The van der Waals surface area contributed by atoms with Gasteiger partial charge in [-0.25, -0.2) is 4.39 Å². The van der Waals surface area contributed by atoms with Crippen LogP contribution in [-0.4, -0.2) is 48.4 Å². The Morgan fingerprint density at radius 3 is 2.20 bits per heavy atom. The van der Waals surface area contributed by atoms with E-state index in [-0.39, 0.29) is 29.6 Å². The number of benzene rings is 2. The molecule has 0 radical (unpaired) electrons. The first-order valence-corrected chi connectivity index (χ1v) is 12.5. The van der Waals surface area contributed by atoms with Crippen molar-refractivity contribution in [3.8, 4) is 0 Å². The van der Waals surface area contributed by atoms with E-state index in [0.29, 0.717) is 31.8 Å². The van der Waals surface area contributed by atoms with E-state index in [1.807, 2.05) is 41.8 Å². The number of hydrogen-bond acceptors (Lipinski definition) is 4. The van der Waals surface area contributed by atoms with E-state index in [4.69, 9.17) is 4.74 Å². The maximum absolute atomic E-state index is 13.5. The predicted molar refractivity (Wildman–Crippen MR) is 138 cm³/mol. The molecule has 1 aromatic heterocycles. The molecule has 0 N–H and O–H groups in total. The third-order valence-electron chi connectivity index (χ3n) is 5.74. The zero-order valence-electron chi connectivity index (χ0n) is 20.8. The van der Waals surface area contributed by atoms with Crippen LogP contribution >= 0.6 is 11.3 Å². The topological polar surface area (TPSA) is 49.9 Å². The van der Waals surface area contributed by atoms with Crippen LogP contribution in [0.4, 0.5) is 4.39 Å². The molecule has 0 bridgehead atoms. The minimum absolute atomic E-state index is 0.0179. The van der Waals surface area contributed by atoms with E-state index < -0.39 is 0 Å². The average Bonchev–Trinajstić information content (AvgIpc) is 3.35. The largest absolute Gasteiger partial charge is 0.383 e. The third-order valence-corrected chi connectivity index (χ3v) is 6.60. The summed E-state index contributed by atoms with van der Waals surface area (Å²) in [6.07, 6.45) is 0. The van der Waals surface area contributed by atoms with Crippen LogP contribution < -0.4 is 0 Å². The zero-order chi connectivity index (χ0) is 25.4. The highest BCUT2D eigenvalue weighted by Gasteiger charge is 2.24. The summed E-state index contributed by atoms with van der Waals surface area (Å²) >= 11 is 1.57. The molecular formula is C28H33FN2O3S. The minimum atomic E-state index is -0.321. The summed E-state index contributed by atoms with van der Waals surface area (Å²) in [6.45, 7) is 7.65. The van der Waals surface area contributed by atoms with Crippen molar-refractivity contribution in [1.29, 1.82) is 0 Å². The Kier molecular flexibility index (Phi) is 9.18. The number of rotatable bonds is 10. The number of hydrogen-bond donors (Lipinski definition) is 0. The maximum Gasteiger partial charge on any atom is 0.254 e. The molecule has 0 unspecified atom stereocenters. The van der Waals surface area contributed by atoms with Crippen LogP contribution in [0, 0.1) is 5.82 Å². The van der Waals surface area contributed by atoms with Crippen molar-refractivity contribution in [2.75, 3.05) is 26.8 Å². The van der Waals surface area contributed by atoms with Crippen LogP contribution in [0.1, 0.15) is 47.1 Å². The summed E-state index contributed by atoms with van der Waals surface area (Å²) in [6, 6.07) is 17.6. The zero-order valence-corrected chi connectivity index (χ0v) is 21.6. The van der Waals surface area contributed by atoms with E-state index >= 15 is 0 Å². The highest BCUT2D eigenvalue weighted by Crippen LogP contribution is 2.23. The predicted octanol–water partition coefficient (Wildman–Crippen LogP) is 5.50. The lowest BCUT2D eigenvalue weighted by Crippen LogP contribution is -2.43. The number of ether oxygens (including phenoxy) is 1. The molecule has 0 fully saturated rings. The number of carbonyl (C=O) groups is 2. The van der Waals surface area contributed by atoms with Gasteiger partial charge in [0.2, 0.25) is 5.91 Å². The summed E-state index contributed by atoms with van der Waals surface area (Å²) in [5.74, 6) is -0.717. The lowest BCUT2D eigenvalue weighted by atomic mass is 9.86. The van der Waals surface area contributed by atoms with Gasteiger partial charge in [0.25, 0.3) is 5.91 Å². The van der Waals surface area contributed by atoms with Gasteiger partial charge in [0.05, 0.1) is 13.2 Å². The van der Waals surface area contributed by atoms with Crippen LogP contribution in [-0.2, 0) is 28.0 Å². The normalized spacial score (nSPS) is 11.3. The van der Waals surface area contributed by atoms with Gasteiger partial charge in [-0.05, 0) is 52.3 Å². The standard InChI is InChI=1S/C28H33FN2O3S/c1-28(2,3)23-11-9-22(10-12-23)27(33)30(15-16-34-4)20-26(32)31(19-25-6-5-17-35-25)18-21-7-13-24(29)14-8-21/h5-14,17H,15-16,18-20H2,1-4H3. The molecule has 0 saturated carbocycles. The van der Waals surface area contributed by atoms with E-state index in [1.54, 1.807) is 35.5 Å². The molecule has 5 nitrogen and oxygen atoms in total. The summed E-state index contributed by atoms with van der Waals surface area (Å²) < 4.78 is 18.6. The Labute approximate surface area is 211 Å². The first-order valence-electron chi connectivity index (χ1n) is 11.6. The molecule has 35 heavy (non-hydrogen) atoms. The van der Waals surface area contributed by atoms with Crippen molar-refractivity contribution in [1.82, 2.24) is 9.80 Å². The first kappa shape index (κ1) is 26.6. The molecule has 0 saturated heterocycles. The third kappa shape index (κ3) is 7.73. The van der Waals surface area contributed by atoms with Crippen LogP contribution in [0.2, 0.25) is 0 Å². The molecule has 7 heteroatoms. The van der Waals surface area contributed by atoms with E-state index in [9.17, 15) is 14.0 Å². The maximum atomic E-state index is 13.5. The molecule has 2 amide bonds. The van der Waals surface area contributed by atoms with Crippen molar-refractivity contribution >= 4 is 23.2 Å². The second-order valence-electron chi connectivity index (χ2n) is 9.50. The fourth-order valence-corrected chi connectivity index (χ4v) is 4.37. The monoisotopic (exact) mass is 496 g/mol. The van der Waals surface area contributed by atoms with Gasteiger partial charge in [0.15, 0.2) is 0 Å². The molecule has 0 aliphatic rings. The molecule has 0 spiro atoms. The molecule has 3 rings (SSSR count). The van der Waals surface area contributed by atoms with Crippen molar-refractivity contribution in [2.45, 2.75) is 39.3 Å². The van der Waals surface area contributed by atoms with E-state index in [2.05, 4.69) is 20.8 Å². The summed E-state index contributed by atoms with van der Waals surface area (Å²) in [7, 11) is 1.57. The molecule has 0 aliphatic carbocycles. The Hall–Kier alpha value is -3.03. The van der Waals surface area contributed by atoms with Gasteiger partial charge in [0, 0.05) is 30.6 Å². The van der Waals surface area contributed by atoms with Crippen LogP contribution in [0.3, 0.4) is 0 Å². The van der Waals surface area contributed by atoms with Gasteiger partial charge in [-0.1, -0.05) is 51.1 Å². The molecule has 186 valence electrons. The van der Waals surface area contributed by atoms with Gasteiger partial charge >= 0.3 is 0 Å². The first-order chi connectivity index (χ1) is 16.7. The van der Waals surface area contributed by atoms with Gasteiger partial charge in [-0.15, -0.1) is 11.3 Å². The Balaban J connectivity index is 1.79. The smallest absolute Gasteiger partial charge is 0.254 e. The Morgan fingerprint density at radius 2 is 1.63 bits per heavy atom. The Morgan fingerprint density at radius 1 is 0.943 bits per heavy atom. The molecular weight excluding hydrogens is 463 g/mol.